The highest BCUT2D eigenvalue weighted by Gasteiger charge is 2.18. The van der Waals surface area contributed by atoms with E-state index in [1.807, 2.05) is 18.7 Å². The smallest absolute Gasteiger partial charge is 0.0739 e. The van der Waals surface area contributed by atoms with Crippen molar-refractivity contribution in [1.29, 1.82) is 0 Å². The lowest BCUT2D eigenvalue weighted by atomic mass is 9.83. The second-order valence-corrected chi connectivity index (χ2v) is 6.52. The fourth-order valence-corrected chi connectivity index (χ4v) is 3.28. The van der Waals surface area contributed by atoms with E-state index in [2.05, 4.69) is 33.3 Å². The molecular formula is C14H24BrN3. The standard InChI is InChI=1S/C14H24BrN3/c1-10-4-6-12(7-5-10)8-16-9-13-14(15)11(2)17-18(13)3/h10,12,16H,4-9H2,1-3H3. The maximum absolute atomic E-state index is 4.42. The van der Waals surface area contributed by atoms with E-state index in [1.165, 1.54) is 31.4 Å². The summed E-state index contributed by atoms with van der Waals surface area (Å²) in [6.45, 7) is 6.46. The van der Waals surface area contributed by atoms with Crippen LogP contribution in [0.5, 0.6) is 0 Å². The third-order valence-electron chi connectivity index (χ3n) is 4.12. The Balaban J connectivity index is 1.78. The number of aryl methyl sites for hydroxylation is 2. The first-order chi connectivity index (χ1) is 8.58. The van der Waals surface area contributed by atoms with Crippen molar-refractivity contribution in [3.8, 4) is 0 Å². The minimum atomic E-state index is 0.870. The number of hydrogen-bond donors (Lipinski definition) is 1. The zero-order valence-electron chi connectivity index (χ0n) is 11.7. The molecule has 1 N–H and O–H groups in total. The van der Waals surface area contributed by atoms with E-state index in [1.54, 1.807) is 0 Å². The van der Waals surface area contributed by atoms with Crippen LogP contribution in [0.1, 0.15) is 44.0 Å². The molecule has 1 heterocycles. The number of nitrogens with one attached hydrogen (secondary N) is 1. The molecule has 1 saturated carbocycles. The Morgan fingerprint density at radius 3 is 2.56 bits per heavy atom. The summed E-state index contributed by atoms with van der Waals surface area (Å²) >= 11 is 3.61. The second kappa shape index (κ2) is 6.20. The summed E-state index contributed by atoms with van der Waals surface area (Å²) in [6, 6.07) is 0. The molecule has 0 amide bonds. The molecule has 1 aliphatic carbocycles. The van der Waals surface area contributed by atoms with Crippen LogP contribution in [0.4, 0.5) is 0 Å². The van der Waals surface area contributed by atoms with E-state index in [9.17, 15) is 0 Å². The van der Waals surface area contributed by atoms with E-state index in [0.29, 0.717) is 0 Å². The molecule has 1 fully saturated rings. The molecule has 3 nitrogen and oxygen atoms in total. The van der Waals surface area contributed by atoms with Gasteiger partial charge in [0.1, 0.15) is 0 Å². The number of halogens is 1. The van der Waals surface area contributed by atoms with Crippen molar-refractivity contribution in [2.75, 3.05) is 6.54 Å². The van der Waals surface area contributed by atoms with Crippen molar-refractivity contribution >= 4 is 15.9 Å². The predicted molar refractivity (Wildman–Crippen MR) is 78.5 cm³/mol. The molecule has 1 aromatic rings. The fourth-order valence-electron chi connectivity index (χ4n) is 2.80. The summed E-state index contributed by atoms with van der Waals surface area (Å²) in [6.07, 6.45) is 5.58. The zero-order valence-corrected chi connectivity index (χ0v) is 13.3. The molecule has 0 radical (unpaired) electrons. The summed E-state index contributed by atoms with van der Waals surface area (Å²) in [7, 11) is 2.01. The summed E-state index contributed by atoms with van der Waals surface area (Å²) in [5, 5.41) is 8.01. The minimum absolute atomic E-state index is 0.870. The molecule has 18 heavy (non-hydrogen) atoms. The second-order valence-electron chi connectivity index (χ2n) is 5.73. The monoisotopic (exact) mass is 313 g/mol. The van der Waals surface area contributed by atoms with Crippen LogP contribution >= 0.6 is 15.9 Å². The van der Waals surface area contributed by atoms with Crippen LogP contribution in [0.15, 0.2) is 4.47 Å². The van der Waals surface area contributed by atoms with Gasteiger partial charge < -0.3 is 5.32 Å². The quantitative estimate of drug-likeness (QED) is 0.923. The van der Waals surface area contributed by atoms with Crippen LogP contribution < -0.4 is 5.32 Å². The summed E-state index contributed by atoms with van der Waals surface area (Å²) in [4.78, 5) is 0. The third kappa shape index (κ3) is 3.35. The highest BCUT2D eigenvalue weighted by atomic mass is 79.9. The molecule has 0 aliphatic heterocycles. The molecule has 102 valence electrons. The maximum atomic E-state index is 4.42. The van der Waals surface area contributed by atoms with E-state index < -0.39 is 0 Å². The SMILES string of the molecule is Cc1nn(C)c(CNCC2CCC(C)CC2)c1Br. The van der Waals surface area contributed by atoms with Crippen molar-refractivity contribution in [2.45, 2.75) is 46.1 Å². The first-order valence-electron chi connectivity index (χ1n) is 6.96. The van der Waals surface area contributed by atoms with Gasteiger partial charge in [0.15, 0.2) is 0 Å². The zero-order chi connectivity index (χ0) is 13.1. The van der Waals surface area contributed by atoms with Gasteiger partial charge in [-0.2, -0.15) is 5.10 Å². The Morgan fingerprint density at radius 2 is 2.00 bits per heavy atom. The lowest BCUT2D eigenvalue weighted by Gasteiger charge is -2.26. The van der Waals surface area contributed by atoms with Crippen molar-refractivity contribution in [3.63, 3.8) is 0 Å². The number of aromatic nitrogens is 2. The van der Waals surface area contributed by atoms with Gasteiger partial charge in [0.2, 0.25) is 0 Å². The topological polar surface area (TPSA) is 29.9 Å². The highest BCUT2D eigenvalue weighted by molar-refractivity contribution is 9.10. The van der Waals surface area contributed by atoms with Gasteiger partial charge in [-0.15, -0.1) is 0 Å². The molecule has 0 bridgehead atoms. The lowest BCUT2D eigenvalue weighted by Crippen LogP contribution is -2.26. The number of rotatable bonds is 4. The van der Waals surface area contributed by atoms with Gasteiger partial charge in [0.25, 0.3) is 0 Å². The first-order valence-corrected chi connectivity index (χ1v) is 7.76. The molecule has 0 unspecified atom stereocenters. The van der Waals surface area contributed by atoms with Crippen LogP contribution in [0.3, 0.4) is 0 Å². The summed E-state index contributed by atoms with van der Waals surface area (Å²) < 4.78 is 3.12. The van der Waals surface area contributed by atoms with Crippen LogP contribution in [0, 0.1) is 18.8 Å². The van der Waals surface area contributed by atoms with Crippen molar-refractivity contribution in [3.05, 3.63) is 15.9 Å². The molecular weight excluding hydrogens is 290 g/mol. The number of nitrogens with zero attached hydrogens (tertiary/aromatic N) is 2. The summed E-state index contributed by atoms with van der Waals surface area (Å²) in [5.74, 6) is 1.81. The van der Waals surface area contributed by atoms with Crippen LogP contribution in [0.25, 0.3) is 0 Å². The van der Waals surface area contributed by atoms with Crippen molar-refractivity contribution < 1.29 is 0 Å². The Bertz CT molecular complexity index is 392. The third-order valence-corrected chi connectivity index (χ3v) is 5.15. The Morgan fingerprint density at radius 1 is 1.33 bits per heavy atom. The van der Waals surface area contributed by atoms with E-state index >= 15 is 0 Å². The first kappa shape index (κ1) is 14.1. The van der Waals surface area contributed by atoms with E-state index in [4.69, 9.17) is 0 Å². The molecule has 1 aromatic heterocycles. The average molecular weight is 314 g/mol. The molecule has 1 aliphatic rings. The van der Waals surface area contributed by atoms with E-state index in [-0.39, 0.29) is 0 Å². The molecule has 4 heteroatoms. The normalized spacial score (nSPS) is 24.4. The van der Waals surface area contributed by atoms with Crippen molar-refractivity contribution in [1.82, 2.24) is 15.1 Å². The largest absolute Gasteiger partial charge is 0.311 e. The summed E-state index contributed by atoms with van der Waals surface area (Å²) in [5.41, 5.74) is 2.32. The minimum Gasteiger partial charge on any atom is -0.311 e. The molecule has 0 spiro atoms. The molecule has 0 saturated heterocycles. The van der Waals surface area contributed by atoms with Crippen molar-refractivity contribution in [2.24, 2.45) is 18.9 Å². The van der Waals surface area contributed by atoms with Gasteiger partial charge >= 0.3 is 0 Å². The average Bonchev–Trinajstić information content (AvgIpc) is 2.58. The van der Waals surface area contributed by atoms with Crippen LogP contribution in [-0.4, -0.2) is 16.3 Å². The Kier molecular flexibility index (Phi) is 4.84. The van der Waals surface area contributed by atoms with Crippen LogP contribution in [0.2, 0.25) is 0 Å². The fraction of sp³-hybridized carbons (Fsp3) is 0.786. The van der Waals surface area contributed by atoms with Gasteiger partial charge in [-0.1, -0.05) is 19.8 Å². The molecule has 0 atom stereocenters. The number of hydrogen-bond acceptors (Lipinski definition) is 2. The van der Waals surface area contributed by atoms with Gasteiger partial charge in [0, 0.05) is 13.6 Å². The van der Waals surface area contributed by atoms with Gasteiger partial charge in [-0.3, -0.25) is 4.68 Å². The molecule has 0 aromatic carbocycles. The Labute approximate surface area is 118 Å². The predicted octanol–water partition coefficient (Wildman–Crippen LogP) is 3.41. The maximum Gasteiger partial charge on any atom is 0.0739 e. The van der Waals surface area contributed by atoms with Gasteiger partial charge in [-0.05, 0) is 54.1 Å². The molecule has 2 rings (SSSR count). The van der Waals surface area contributed by atoms with Crippen LogP contribution in [-0.2, 0) is 13.6 Å². The van der Waals surface area contributed by atoms with E-state index in [0.717, 1.165) is 35.1 Å². The van der Waals surface area contributed by atoms with Gasteiger partial charge in [-0.25, -0.2) is 0 Å². The Hall–Kier alpha value is -0.350. The van der Waals surface area contributed by atoms with Gasteiger partial charge in [0.05, 0.1) is 15.9 Å². The highest BCUT2D eigenvalue weighted by Crippen LogP contribution is 2.28. The lowest BCUT2D eigenvalue weighted by molar-refractivity contribution is 0.281.